The van der Waals surface area contributed by atoms with E-state index in [9.17, 15) is 37.1 Å². The Morgan fingerprint density at radius 1 is 1.16 bits per heavy atom. The van der Waals surface area contributed by atoms with E-state index in [0.717, 1.165) is 24.4 Å². The van der Waals surface area contributed by atoms with Crippen LogP contribution in [0.1, 0.15) is 63.0 Å². The molecule has 1 aliphatic carbocycles. The standard InChI is InChI=1S/C27H20ClF5N2O3/c1-13-6-16(7-14(2)19(13)11-34)26(37,27(31,32)33)15(3)18-5-4-17(8-22(18)28)38-24-9-21-20(12-35-24)23(36)10-25(21,29)30/h4-9,12,15,37H,10H2,1-3H3. The minimum absolute atomic E-state index is 0.00773. The highest BCUT2D eigenvalue weighted by atomic mass is 35.5. The van der Waals surface area contributed by atoms with Crippen molar-refractivity contribution in [2.24, 2.45) is 0 Å². The van der Waals surface area contributed by atoms with E-state index in [0.29, 0.717) is 0 Å². The predicted octanol–water partition coefficient (Wildman–Crippen LogP) is 7.25. The van der Waals surface area contributed by atoms with Crippen LogP contribution in [0.25, 0.3) is 0 Å². The number of hydrogen-bond donors (Lipinski definition) is 1. The van der Waals surface area contributed by atoms with Gasteiger partial charge < -0.3 is 9.84 Å². The zero-order valence-electron chi connectivity index (χ0n) is 20.3. The van der Waals surface area contributed by atoms with Crippen LogP contribution >= 0.6 is 11.6 Å². The Kier molecular flexibility index (Phi) is 6.75. The lowest BCUT2D eigenvalue weighted by Crippen LogP contribution is -2.46. The molecule has 11 heteroatoms. The van der Waals surface area contributed by atoms with E-state index in [-0.39, 0.29) is 44.5 Å². The second-order valence-corrected chi connectivity index (χ2v) is 9.65. The van der Waals surface area contributed by atoms with Crippen LogP contribution in [0.15, 0.2) is 42.6 Å². The van der Waals surface area contributed by atoms with Gasteiger partial charge in [-0.3, -0.25) is 4.79 Å². The molecule has 1 aromatic heterocycles. The van der Waals surface area contributed by atoms with E-state index in [1.165, 1.54) is 39.0 Å². The average molecular weight is 551 g/mol. The van der Waals surface area contributed by atoms with E-state index < -0.39 is 46.9 Å². The molecule has 198 valence electrons. The zero-order valence-corrected chi connectivity index (χ0v) is 21.0. The molecule has 5 nitrogen and oxygen atoms in total. The summed E-state index contributed by atoms with van der Waals surface area (Å²) in [6.45, 7) is 4.13. The second-order valence-electron chi connectivity index (χ2n) is 9.24. The maximum absolute atomic E-state index is 14.4. The number of rotatable bonds is 5. The predicted molar refractivity (Wildman–Crippen MR) is 128 cm³/mol. The number of nitrogens with zero attached hydrogens (tertiary/aromatic N) is 2. The van der Waals surface area contributed by atoms with Crippen LogP contribution in [0.5, 0.6) is 11.6 Å². The highest BCUT2D eigenvalue weighted by molar-refractivity contribution is 6.31. The van der Waals surface area contributed by atoms with Crippen molar-refractivity contribution in [3.63, 3.8) is 0 Å². The van der Waals surface area contributed by atoms with Gasteiger partial charge in [0.1, 0.15) is 5.75 Å². The summed E-state index contributed by atoms with van der Waals surface area (Å²) in [5.74, 6) is -5.97. The number of halogens is 6. The Morgan fingerprint density at radius 2 is 1.79 bits per heavy atom. The first-order valence-corrected chi connectivity index (χ1v) is 11.7. The largest absolute Gasteiger partial charge is 0.439 e. The van der Waals surface area contributed by atoms with E-state index in [2.05, 4.69) is 4.98 Å². The van der Waals surface area contributed by atoms with Crippen molar-refractivity contribution in [1.29, 1.82) is 5.26 Å². The first-order valence-electron chi connectivity index (χ1n) is 11.3. The van der Waals surface area contributed by atoms with Gasteiger partial charge in [0, 0.05) is 34.3 Å². The minimum atomic E-state index is -5.12. The van der Waals surface area contributed by atoms with Crippen LogP contribution in [-0.2, 0) is 11.5 Å². The quantitative estimate of drug-likeness (QED) is 0.338. The molecule has 0 bridgehead atoms. The maximum Gasteiger partial charge on any atom is 0.422 e. The molecule has 0 spiro atoms. The normalized spacial score (nSPS) is 16.9. The molecule has 1 aliphatic rings. The van der Waals surface area contributed by atoms with Gasteiger partial charge in [-0.15, -0.1) is 0 Å². The molecule has 38 heavy (non-hydrogen) atoms. The summed E-state index contributed by atoms with van der Waals surface area (Å²) in [6, 6.07) is 8.80. The first kappa shape index (κ1) is 27.5. The highest BCUT2D eigenvalue weighted by Crippen LogP contribution is 2.51. The Balaban J connectivity index is 1.69. The lowest BCUT2D eigenvalue weighted by atomic mass is 9.76. The van der Waals surface area contributed by atoms with Crippen LogP contribution in [0.2, 0.25) is 5.02 Å². The third-order valence-corrected chi connectivity index (χ3v) is 7.09. The molecule has 1 N–H and O–H groups in total. The molecule has 0 amide bonds. The van der Waals surface area contributed by atoms with E-state index in [4.69, 9.17) is 16.3 Å². The first-order chi connectivity index (χ1) is 17.6. The van der Waals surface area contributed by atoms with Gasteiger partial charge in [0.2, 0.25) is 5.88 Å². The highest BCUT2D eigenvalue weighted by Gasteiger charge is 2.59. The molecular formula is C27H20ClF5N2O3. The molecule has 2 atom stereocenters. The molecule has 0 saturated carbocycles. The number of benzene rings is 2. The van der Waals surface area contributed by atoms with Crippen molar-refractivity contribution in [3.8, 4) is 17.7 Å². The number of carbonyl (C=O) groups is 1. The Hall–Kier alpha value is -3.55. The molecule has 4 rings (SSSR count). The lowest BCUT2D eigenvalue weighted by Gasteiger charge is -2.37. The zero-order chi connectivity index (χ0) is 28.2. The fraction of sp³-hybridized carbons (Fsp3) is 0.296. The fourth-order valence-electron chi connectivity index (χ4n) is 4.70. The summed E-state index contributed by atoms with van der Waals surface area (Å²) in [5.41, 5.74) is -3.81. The van der Waals surface area contributed by atoms with E-state index in [1.54, 1.807) is 0 Å². The van der Waals surface area contributed by atoms with Crippen molar-refractivity contribution in [3.05, 3.63) is 86.6 Å². The summed E-state index contributed by atoms with van der Waals surface area (Å²) < 4.78 is 76.9. The van der Waals surface area contributed by atoms with Gasteiger partial charge in [-0.1, -0.05) is 36.7 Å². The minimum Gasteiger partial charge on any atom is -0.439 e. The lowest BCUT2D eigenvalue weighted by molar-refractivity contribution is -0.274. The van der Waals surface area contributed by atoms with Gasteiger partial charge in [-0.05, 0) is 48.2 Å². The monoisotopic (exact) mass is 550 g/mol. The second kappa shape index (κ2) is 9.33. The van der Waals surface area contributed by atoms with Gasteiger partial charge in [0.05, 0.1) is 18.1 Å². The van der Waals surface area contributed by atoms with Crippen LogP contribution in [0.3, 0.4) is 0 Å². The SMILES string of the molecule is Cc1cc(C(O)(C(C)c2ccc(Oc3cc4c(cn3)C(=O)CC4(F)F)cc2Cl)C(F)(F)F)cc(C)c1C#N. The number of alkyl halides is 5. The number of pyridine rings is 1. The Labute approximate surface area is 219 Å². The number of hydrogen-bond acceptors (Lipinski definition) is 5. The number of aryl methyl sites for hydroxylation is 2. The molecule has 0 saturated heterocycles. The van der Waals surface area contributed by atoms with Gasteiger partial charge in [-0.25, -0.2) is 13.8 Å². The summed E-state index contributed by atoms with van der Waals surface area (Å²) in [5, 5.41) is 20.2. The van der Waals surface area contributed by atoms with Crippen molar-refractivity contribution in [2.75, 3.05) is 0 Å². The topological polar surface area (TPSA) is 83.2 Å². The van der Waals surface area contributed by atoms with E-state index in [1.807, 2.05) is 6.07 Å². The van der Waals surface area contributed by atoms with E-state index >= 15 is 0 Å². The average Bonchev–Trinajstić information content (AvgIpc) is 3.04. The van der Waals surface area contributed by atoms with Gasteiger partial charge in [0.15, 0.2) is 11.4 Å². The number of carbonyl (C=O) groups excluding carboxylic acids is 1. The van der Waals surface area contributed by atoms with Crippen LogP contribution in [0.4, 0.5) is 22.0 Å². The molecule has 0 fully saturated rings. The third kappa shape index (κ3) is 4.50. The molecule has 2 aromatic carbocycles. The Bertz CT molecular complexity index is 1480. The smallest absolute Gasteiger partial charge is 0.422 e. The summed E-state index contributed by atoms with van der Waals surface area (Å²) in [7, 11) is 0. The number of ether oxygens (including phenoxy) is 1. The number of Topliss-reactive ketones (excluding diaryl/α,β-unsaturated/α-hetero) is 1. The van der Waals surface area contributed by atoms with Gasteiger partial charge in [-0.2, -0.15) is 18.4 Å². The Morgan fingerprint density at radius 3 is 2.34 bits per heavy atom. The number of nitriles is 1. The number of fused-ring (bicyclic) bond motifs is 1. The summed E-state index contributed by atoms with van der Waals surface area (Å²) >= 11 is 6.32. The van der Waals surface area contributed by atoms with Gasteiger partial charge in [0.25, 0.3) is 5.92 Å². The fourth-order valence-corrected chi connectivity index (χ4v) is 5.03. The molecular weight excluding hydrogens is 531 g/mol. The van der Waals surface area contributed by atoms with Crippen LogP contribution in [0, 0.1) is 25.2 Å². The molecule has 3 aromatic rings. The van der Waals surface area contributed by atoms with Crippen molar-refractivity contribution >= 4 is 17.4 Å². The number of aromatic nitrogens is 1. The van der Waals surface area contributed by atoms with Gasteiger partial charge >= 0.3 is 6.18 Å². The van der Waals surface area contributed by atoms with Crippen molar-refractivity contribution in [2.45, 2.75) is 50.8 Å². The third-order valence-electron chi connectivity index (χ3n) is 6.76. The number of aliphatic hydroxyl groups is 1. The summed E-state index contributed by atoms with van der Waals surface area (Å²) in [6.07, 6.45) is -5.10. The van der Waals surface area contributed by atoms with Crippen molar-refractivity contribution < 1.29 is 36.6 Å². The maximum atomic E-state index is 14.4. The summed E-state index contributed by atoms with van der Waals surface area (Å²) in [4.78, 5) is 15.6. The molecule has 0 aliphatic heterocycles. The van der Waals surface area contributed by atoms with Crippen LogP contribution < -0.4 is 4.74 Å². The number of ketones is 1. The van der Waals surface area contributed by atoms with Crippen LogP contribution in [-0.4, -0.2) is 22.1 Å². The molecule has 2 unspecified atom stereocenters. The van der Waals surface area contributed by atoms with Crippen molar-refractivity contribution in [1.82, 2.24) is 4.98 Å². The molecule has 1 heterocycles. The molecule has 0 radical (unpaired) electrons.